The van der Waals surface area contributed by atoms with Gasteiger partial charge in [0.1, 0.15) is 5.75 Å². The minimum absolute atomic E-state index is 0.129. The molecule has 1 aliphatic rings. The van der Waals surface area contributed by atoms with Crippen molar-refractivity contribution in [1.82, 2.24) is 10.2 Å². The Morgan fingerprint density at radius 2 is 1.95 bits per heavy atom. The van der Waals surface area contributed by atoms with Gasteiger partial charge < -0.3 is 10.5 Å². The Kier molecular flexibility index (Phi) is 3.11. The second kappa shape index (κ2) is 4.72. The standard InChI is InChI=1S/C15H17F2N3O/c1-15(2)7-10(15)12-11(13(18)20-19-12)8-3-5-9(6-4-8)21-14(16)17/h3-6,10,14H,7H2,1-2H3,(H3,18,19,20). The van der Waals surface area contributed by atoms with Gasteiger partial charge in [-0.15, -0.1) is 0 Å². The minimum Gasteiger partial charge on any atom is -0.435 e. The molecule has 21 heavy (non-hydrogen) atoms. The molecule has 0 spiro atoms. The van der Waals surface area contributed by atoms with Crippen LogP contribution in [-0.2, 0) is 0 Å². The average molecular weight is 293 g/mol. The van der Waals surface area contributed by atoms with Crippen LogP contribution in [0.3, 0.4) is 0 Å². The summed E-state index contributed by atoms with van der Waals surface area (Å²) in [6.07, 6.45) is 1.08. The Bertz CT molecular complexity index is 649. The molecule has 4 nitrogen and oxygen atoms in total. The SMILES string of the molecule is CC1(C)CC1c1[nH]nc(N)c1-c1ccc(OC(F)F)cc1. The summed E-state index contributed by atoms with van der Waals surface area (Å²) in [7, 11) is 0. The van der Waals surface area contributed by atoms with Gasteiger partial charge in [-0.25, -0.2) is 0 Å². The van der Waals surface area contributed by atoms with Crippen molar-refractivity contribution in [3.05, 3.63) is 30.0 Å². The lowest BCUT2D eigenvalue weighted by Gasteiger charge is -2.08. The van der Waals surface area contributed by atoms with Crippen LogP contribution in [-0.4, -0.2) is 16.8 Å². The number of aromatic nitrogens is 2. The van der Waals surface area contributed by atoms with Crippen LogP contribution >= 0.6 is 0 Å². The number of halogens is 2. The maximum atomic E-state index is 12.2. The second-order valence-corrected chi connectivity index (χ2v) is 6.05. The summed E-state index contributed by atoms with van der Waals surface area (Å²) in [5.41, 5.74) is 8.91. The quantitative estimate of drug-likeness (QED) is 0.901. The molecule has 0 radical (unpaired) electrons. The lowest BCUT2D eigenvalue weighted by molar-refractivity contribution is -0.0498. The van der Waals surface area contributed by atoms with Gasteiger partial charge in [0.2, 0.25) is 0 Å². The molecule has 1 aliphatic carbocycles. The predicted molar refractivity (Wildman–Crippen MR) is 76.2 cm³/mol. The zero-order valence-corrected chi connectivity index (χ0v) is 11.9. The number of hydrogen-bond acceptors (Lipinski definition) is 3. The van der Waals surface area contributed by atoms with Crippen molar-refractivity contribution in [2.75, 3.05) is 5.73 Å². The fraction of sp³-hybridized carbons (Fsp3) is 0.400. The summed E-state index contributed by atoms with van der Waals surface area (Å²) in [4.78, 5) is 0. The number of ether oxygens (including phenoxy) is 1. The summed E-state index contributed by atoms with van der Waals surface area (Å²) in [6.45, 7) is 1.56. The van der Waals surface area contributed by atoms with Crippen LogP contribution < -0.4 is 10.5 Å². The summed E-state index contributed by atoms with van der Waals surface area (Å²) in [6, 6.07) is 6.46. The number of nitrogens with one attached hydrogen (secondary N) is 1. The monoisotopic (exact) mass is 293 g/mol. The first-order valence-corrected chi connectivity index (χ1v) is 6.77. The molecule has 1 atom stereocenters. The molecule has 1 saturated carbocycles. The highest BCUT2D eigenvalue weighted by molar-refractivity contribution is 5.77. The highest BCUT2D eigenvalue weighted by atomic mass is 19.3. The van der Waals surface area contributed by atoms with Crippen LogP contribution in [0.1, 0.15) is 31.9 Å². The molecule has 112 valence electrons. The van der Waals surface area contributed by atoms with E-state index in [0.29, 0.717) is 11.7 Å². The van der Waals surface area contributed by atoms with Gasteiger partial charge in [0.15, 0.2) is 5.82 Å². The number of rotatable bonds is 4. The van der Waals surface area contributed by atoms with Gasteiger partial charge in [0.25, 0.3) is 0 Å². The average Bonchev–Trinajstić information content (AvgIpc) is 2.87. The molecule has 1 aromatic heterocycles. The van der Waals surface area contributed by atoms with Crippen molar-refractivity contribution in [3.63, 3.8) is 0 Å². The molecule has 1 heterocycles. The minimum atomic E-state index is -2.82. The number of nitrogens with two attached hydrogens (primary N) is 1. The highest BCUT2D eigenvalue weighted by Crippen LogP contribution is 2.60. The molecule has 1 unspecified atom stereocenters. The molecule has 3 N–H and O–H groups in total. The van der Waals surface area contributed by atoms with E-state index in [1.54, 1.807) is 12.1 Å². The third kappa shape index (κ3) is 2.57. The molecule has 6 heteroatoms. The van der Waals surface area contributed by atoms with Crippen molar-refractivity contribution in [1.29, 1.82) is 0 Å². The fourth-order valence-electron chi connectivity index (χ4n) is 2.69. The van der Waals surface area contributed by atoms with E-state index in [-0.39, 0.29) is 11.2 Å². The maximum absolute atomic E-state index is 12.2. The van der Waals surface area contributed by atoms with E-state index in [1.807, 2.05) is 0 Å². The Labute approximate surface area is 121 Å². The third-order valence-corrected chi connectivity index (χ3v) is 4.05. The molecular weight excluding hydrogens is 276 g/mol. The molecular formula is C15H17F2N3O. The van der Waals surface area contributed by atoms with Crippen molar-refractivity contribution in [2.24, 2.45) is 5.41 Å². The topological polar surface area (TPSA) is 63.9 Å². The molecule has 1 fully saturated rings. The molecule has 0 amide bonds. The first kappa shape index (κ1) is 13.9. The summed E-state index contributed by atoms with van der Waals surface area (Å²) >= 11 is 0. The number of nitrogens with zero attached hydrogens (tertiary/aromatic N) is 1. The predicted octanol–water partition coefficient (Wildman–Crippen LogP) is 3.77. The van der Waals surface area contributed by atoms with Gasteiger partial charge >= 0.3 is 6.61 Å². The molecule has 0 bridgehead atoms. The van der Waals surface area contributed by atoms with Crippen LogP contribution in [0.5, 0.6) is 5.75 Å². The van der Waals surface area contributed by atoms with Gasteiger partial charge in [-0.3, -0.25) is 5.10 Å². The van der Waals surface area contributed by atoms with E-state index in [2.05, 4.69) is 28.8 Å². The number of nitrogen functional groups attached to an aromatic ring is 1. The van der Waals surface area contributed by atoms with E-state index in [9.17, 15) is 8.78 Å². The van der Waals surface area contributed by atoms with Gasteiger partial charge in [0.05, 0.1) is 0 Å². The number of benzene rings is 1. The maximum Gasteiger partial charge on any atom is 0.387 e. The normalized spacial score (nSPS) is 19.8. The van der Waals surface area contributed by atoms with Crippen molar-refractivity contribution >= 4 is 5.82 Å². The zero-order valence-electron chi connectivity index (χ0n) is 11.9. The Morgan fingerprint density at radius 3 is 2.48 bits per heavy atom. The number of hydrogen-bond donors (Lipinski definition) is 2. The van der Waals surface area contributed by atoms with Crippen molar-refractivity contribution in [3.8, 4) is 16.9 Å². The number of anilines is 1. The lowest BCUT2D eigenvalue weighted by atomic mass is 9.99. The molecule has 2 aromatic rings. The van der Waals surface area contributed by atoms with Gasteiger partial charge in [0, 0.05) is 17.2 Å². The first-order valence-electron chi connectivity index (χ1n) is 6.77. The number of alkyl halides is 2. The van der Waals surface area contributed by atoms with Crippen molar-refractivity contribution < 1.29 is 13.5 Å². The van der Waals surface area contributed by atoms with Crippen molar-refractivity contribution in [2.45, 2.75) is 32.8 Å². The van der Waals surface area contributed by atoms with Crippen LogP contribution in [0.4, 0.5) is 14.6 Å². The summed E-state index contributed by atoms with van der Waals surface area (Å²) < 4.78 is 28.7. The number of H-pyrrole nitrogens is 1. The Balaban J connectivity index is 1.92. The molecule has 3 rings (SSSR count). The van der Waals surface area contributed by atoms with Crippen LogP contribution in [0.25, 0.3) is 11.1 Å². The molecule has 0 saturated heterocycles. The molecule has 1 aromatic carbocycles. The Morgan fingerprint density at radius 1 is 1.33 bits per heavy atom. The fourth-order valence-corrected chi connectivity index (χ4v) is 2.69. The van der Waals surface area contributed by atoms with E-state index >= 15 is 0 Å². The third-order valence-electron chi connectivity index (χ3n) is 4.05. The van der Waals surface area contributed by atoms with E-state index in [0.717, 1.165) is 23.2 Å². The van der Waals surface area contributed by atoms with Gasteiger partial charge in [-0.2, -0.15) is 13.9 Å². The zero-order chi connectivity index (χ0) is 15.2. The summed E-state index contributed by atoms with van der Waals surface area (Å²) in [5.74, 6) is 0.952. The first-order chi connectivity index (χ1) is 9.88. The lowest BCUT2D eigenvalue weighted by Crippen LogP contribution is -2.01. The largest absolute Gasteiger partial charge is 0.435 e. The van der Waals surface area contributed by atoms with Gasteiger partial charge in [-0.05, 0) is 29.5 Å². The second-order valence-electron chi connectivity index (χ2n) is 6.05. The van der Waals surface area contributed by atoms with Crippen LogP contribution in [0.2, 0.25) is 0 Å². The number of aromatic amines is 1. The van der Waals surface area contributed by atoms with Crippen LogP contribution in [0, 0.1) is 5.41 Å². The Hall–Kier alpha value is -2.11. The van der Waals surface area contributed by atoms with Gasteiger partial charge in [-0.1, -0.05) is 26.0 Å². The summed E-state index contributed by atoms with van der Waals surface area (Å²) in [5, 5.41) is 7.10. The smallest absolute Gasteiger partial charge is 0.387 e. The van der Waals surface area contributed by atoms with Crippen LogP contribution in [0.15, 0.2) is 24.3 Å². The van der Waals surface area contributed by atoms with E-state index in [4.69, 9.17) is 5.73 Å². The van der Waals surface area contributed by atoms with E-state index in [1.165, 1.54) is 12.1 Å². The molecule has 0 aliphatic heterocycles. The highest BCUT2D eigenvalue weighted by Gasteiger charge is 2.48. The van der Waals surface area contributed by atoms with E-state index < -0.39 is 6.61 Å².